The molecule has 0 aliphatic rings. The van der Waals surface area contributed by atoms with Crippen LogP contribution in [0, 0.1) is 0 Å². The fourth-order valence-corrected chi connectivity index (χ4v) is 2.47. The molecule has 0 amide bonds. The number of rotatable bonds is 3. The average molecular weight is 242 g/mol. The summed E-state index contributed by atoms with van der Waals surface area (Å²) in [5.74, 6) is -4.79. The summed E-state index contributed by atoms with van der Waals surface area (Å²) in [5, 5.41) is 9.13. The van der Waals surface area contributed by atoms with Gasteiger partial charge in [0.25, 0.3) is 5.92 Å². The number of aliphatic carboxylic acids is 1. The number of alkyl halides is 2. The smallest absolute Gasteiger partial charge is 0.309 e. The Hall–Kier alpha value is -1.49. The standard InChI is InChI=1S/C11H8F2O2S/c12-11(13,6-10(14)15)9-5-7-3-1-2-4-8(7)16-9/h1-5H,6H2,(H,14,15). The first kappa shape index (κ1) is 11.0. The zero-order valence-electron chi connectivity index (χ0n) is 8.11. The molecule has 0 unspecified atom stereocenters. The molecule has 16 heavy (non-hydrogen) atoms. The summed E-state index contributed by atoms with van der Waals surface area (Å²) in [6.45, 7) is 0. The summed E-state index contributed by atoms with van der Waals surface area (Å²) in [6.07, 6.45) is -1.17. The lowest BCUT2D eigenvalue weighted by Gasteiger charge is -2.10. The van der Waals surface area contributed by atoms with Gasteiger partial charge in [0, 0.05) is 4.70 Å². The van der Waals surface area contributed by atoms with Gasteiger partial charge in [-0.05, 0) is 17.5 Å². The summed E-state index contributed by atoms with van der Waals surface area (Å²) in [5.41, 5.74) is 0. The number of carbonyl (C=O) groups is 1. The first-order valence-electron chi connectivity index (χ1n) is 4.58. The van der Waals surface area contributed by atoms with Crippen LogP contribution in [0.1, 0.15) is 11.3 Å². The zero-order valence-corrected chi connectivity index (χ0v) is 8.93. The molecule has 0 atom stereocenters. The molecular formula is C11H8F2O2S. The third-order valence-electron chi connectivity index (χ3n) is 2.16. The summed E-state index contributed by atoms with van der Waals surface area (Å²) < 4.78 is 27.7. The van der Waals surface area contributed by atoms with Crippen LogP contribution in [0.2, 0.25) is 0 Å². The Bertz CT molecular complexity index is 501. The highest BCUT2D eigenvalue weighted by molar-refractivity contribution is 7.19. The monoisotopic (exact) mass is 242 g/mol. The van der Waals surface area contributed by atoms with Gasteiger partial charge in [-0.25, -0.2) is 0 Å². The van der Waals surface area contributed by atoms with Crippen LogP contribution < -0.4 is 0 Å². The lowest BCUT2D eigenvalue weighted by atomic mass is 10.2. The second kappa shape index (κ2) is 3.83. The molecule has 84 valence electrons. The first-order valence-corrected chi connectivity index (χ1v) is 5.39. The Labute approximate surface area is 94.1 Å². The zero-order chi connectivity index (χ0) is 11.8. The Balaban J connectivity index is 2.43. The van der Waals surface area contributed by atoms with Crippen molar-refractivity contribution in [1.29, 1.82) is 0 Å². The van der Waals surface area contributed by atoms with Gasteiger partial charge in [0.2, 0.25) is 0 Å². The fraction of sp³-hybridized carbons (Fsp3) is 0.182. The highest BCUT2D eigenvalue weighted by Gasteiger charge is 2.36. The molecule has 2 rings (SSSR count). The largest absolute Gasteiger partial charge is 0.481 e. The maximum Gasteiger partial charge on any atom is 0.309 e. The van der Waals surface area contributed by atoms with Crippen molar-refractivity contribution in [3.8, 4) is 0 Å². The quantitative estimate of drug-likeness (QED) is 0.894. The Morgan fingerprint density at radius 1 is 1.38 bits per heavy atom. The molecule has 0 aliphatic heterocycles. The van der Waals surface area contributed by atoms with Gasteiger partial charge in [0.05, 0.1) is 4.88 Å². The van der Waals surface area contributed by atoms with E-state index in [-0.39, 0.29) is 4.88 Å². The molecule has 1 aromatic carbocycles. The minimum absolute atomic E-state index is 0.198. The van der Waals surface area contributed by atoms with Crippen molar-refractivity contribution in [3.05, 3.63) is 35.2 Å². The molecule has 0 radical (unpaired) electrons. The molecule has 2 nitrogen and oxygen atoms in total. The molecule has 5 heteroatoms. The molecule has 0 saturated heterocycles. The molecule has 0 bridgehead atoms. The first-order chi connectivity index (χ1) is 7.49. The number of thiophene rings is 1. The number of carboxylic acids is 1. The maximum absolute atomic E-state index is 13.5. The van der Waals surface area contributed by atoms with Crippen LogP contribution in [0.25, 0.3) is 10.1 Å². The Morgan fingerprint density at radius 2 is 2.06 bits per heavy atom. The van der Waals surface area contributed by atoms with Gasteiger partial charge < -0.3 is 5.11 Å². The van der Waals surface area contributed by atoms with E-state index in [0.29, 0.717) is 5.39 Å². The number of fused-ring (bicyclic) bond motifs is 1. The number of halogens is 2. The van der Waals surface area contributed by atoms with Crippen molar-refractivity contribution >= 4 is 27.4 Å². The minimum Gasteiger partial charge on any atom is -0.481 e. The predicted molar refractivity (Wildman–Crippen MR) is 58.0 cm³/mol. The minimum atomic E-state index is -3.30. The van der Waals surface area contributed by atoms with Crippen LogP contribution in [-0.4, -0.2) is 11.1 Å². The van der Waals surface area contributed by atoms with Crippen molar-refractivity contribution < 1.29 is 18.7 Å². The van der Waals surface area contributed by atoms with Crippen LogP contribution in [0.15, 0.2) is 30.3 Å². The van der Waals surface area contributed by atoms with Gasteiger partial charge in [-0.3, -0.25) is 4.79 Å². The molecule has 2 aromatic rings. The molecule has 1 N–H and O–H groups in total. The van der Waals surface area contributed by atoms with Crippen molar-refractivity contribution in [2.45, 2.75) is 12.3 Å². The summed E-state index contributed by atoms with van der Waals surface area (Å²) >= 11 is 0.933. The van der Waals surface area contributed by atoms with Crippen LogP contribution in [0.5, 0.6) is 0 Å². The van der Waals surface area contributed by atoms with Crippen LogP contribution in [0.4, 0.5) is 8.78 Å². The van der Waals surface area contributed by atoms with E-state index in [2.05, 4.69) is 0 Å². The van der Waals surface area contributed by atoms with Crippen molar-refractivity contribution in [1.82, 2.24) is 0 Å². The van der Waals surface area contributed by atoms with Crippen LogP contribution >= 0.6 is 11.3 Å². The molecular weight excluding hydrogens is 234 g/mol. The molecule has 0 saturated carbocycles. The van der Waals surface area contributed by atoms with Crippen molar-refractivity contribution in [2.24, 2.45) is 0 Å². The van der Waals surface area contributed by atoms with Gasteiger partial charge in [-0.2, -0.15) is 8.78 Å². The molecule has 1 aromatic heterocycles. The Kier molecular flexibility index (Phi) is 2.63. The number of hydrogen-bond donors (Lipinski definition) is 1. The van der Waals surface area contributed by atoms with Crippen LogP contribution in [0.3, 0.4) is 0 Å². The third-order valence-corrected chi connectivity index (χ3v) is 3.39. The van der Waals surface area contributed by atoms with E-state index < -0.39 is 18.3 Å². The van der Waals surface area contributed by atoms with E-state index >= 15 is 0 Å². The van der Waals surface area contributed by atoms with Gasteiger partial charge in [0.15, 0.2) is 0 Å². The highest BCUT2D eigenvalue weighted by atomic mass is 32.1. The summed E-state index contributed by atoms with van der Waals surface area (Å²) in [4.78, 5) is 10.1. The fourth-order valence-electron chi connectivity index (χ4n) is 1.44. The van der Waals surface area contributed by atoms with E-state index in [9.17, 15) is 13.6 Å². The van der Waals surface area contributed by atoms with Gasteiger partial charge in [0.1, 0.15) is 6.42 Å². The normalized spacial score (nSPS) is 11.9. The van der Waals surface area contributed by atoms with Crippen molar-refractivity contribution in [3.63, 3.8) is 0 Å². The molecule has 1 heterocycles. The van der Waals surface area contributed by atoms with Gasteiger partial charge in [-0.1, -0.05) is 18.2 Å². The number of benzene rings is 1. The predicted octanol–water partition coefficient (Wildman–Crippen LogP) is 3.47. The number of hydrogen-bond acceptors (Lipinski definition) is 2. The molecule has 0 aliphatic carbocycles. The van der Waals surface area contributed by atoms with Gasteiger partial charge >= 0.3 is 5.97 Å². The second-order valence-electron chi connectivity index (χ2n) is 3.42. The second-order valence-corrected chi connectivity index (χ2v) is 4.51. The lowest BCUT2D eigenvalue weighted by molar-refractivity contribution is -0.145. The van der Waals surface area contributed by atoms with E-state index in [1.54, 1.807) is 24.3 Å². The lowest BCUT2D eigenvalue weighted by Crippen LogP contribution is -2.16. The maximum atomic E-state index is 13.5. The Morgan fingerprint density at radius 3 is 2.69 bits per heavy atom. The summed E-state index contributed by atoms with van der Waals surface area (Å²) in [6, 6.07) is 8.33. The number of carboxylic acid groups (broad SMARTS) is 1. The molecule has 0 fully saturated rings. The van der Waals surface area contributed by atoms with Crippen LogP contribution in [-0.2, 0) is 10.7 Å². The van der Waals surface area contributed by atoms with E-state index in [4.69, 9.17) is 5.11 Å². The van der Waals surface area contributed by atoms with Gasteiger partial charge in [-0.15, -0.1) is 11.3 Å². The average Bonchev–Trinajstić information content (AvgIpc) is 2.59. The molecule has 0 spiro atoms. The topological polar surface area (TPSA) is 37.3 Å². The van der Waals surface area contributed by atoms with Crippen molar-refractivity contribution in [2.75, 3.05) is 0 Å². The van der Waals surface area contributed by atoms with E-state index in [1.165, 1.54) is 6.07 Å². The SMILES string of the molecule is O=C(O)CC(F)(F)c1cc2ccccc2s1. The van der Waals surface area contributed by atoms with E-state index in [1.807, 2.05) is 0 Å². The van der Waals surface area contributed by atoms with E-state index in [0.717, 1.165) is 16.0 Å². The third kappa shape index (κ3) is 2.04. The highest BCUT2D eigenvalue weighted by Crippen LogP contribution is 2.39. The summed E-state index contributed by atoms with van der Waals surface area (Å²) in [7, 11) is 0.